The van der Waals surface area contributed by atoms with Gasteiger partial charge in [-0.05, 0) is 18.1 Å². The van der Waals surface area contributed by atoms with Crippen molar-refractivity contribution < 1.29 is 9.84 Å². The van der Waals surface area contributed by atoms with Gasteiger partial charge in [0.25, 0.3) is 0 Å². The molecule has 0 aliphatic carbocycles. The highest BCUT2D eigenvalue weighted by molar-refractivity contribution is 5.29. The van der Waals surface area contributed by atoms with Crippen LogP contribution in [0.5, 0.6) is 5.75 Å². The maximum absolute atomic E-state index is 9.08. The van der Waals surface area contributed by atoms with Crippen LogP contribution in [0.25, 0.3) is 0 Å². The van der Waals surface area contributed by atoms with Gasteiger partial charge in [-0.3, -0.25) is 4.98 Å². The number of hydrogen-bond acceptors (Lipinski definition) is 3. The summed E-state index contributed by atoms with van der Waals surface area (Å²) in [6.45, 7) is 1.31. The average Bonchev–Trinajstić information content (AvgIpc) is 2.04. The van der Waals surface area contributed by atoms with E-state index >= 15 is 0 Å². The third-order valence-electron chi connectivity index (χ3n) is 1.80. The number of hydrogen-bond donors (Lipinski definition) is 1. The summed E-state index contributed by atoms with van der Waals surface area (Å²) in [5, 5.41) is 9.08. The van der Waals surface area contributed by atoms with Crippen LogP contribution in [0.3, 0.4) is 0 Å². The van der Waals surface area contributed by atoms with E-state index in [4.69, 9.17) is 9.84 Å². The third-order valence-corrected chi connectivity index (χ3v) is 1.80. The van der Waals surface area contributed by atoms with Gasteiger partial charge >= 0.3 is 0 Å². The molecule has 1 N–H and O–H groups in total. The smallest absolute Gasteiger partial charge is 0.134 e. The molecule has 11 heavy (non-hydrogen) atoms. The second-order valence-electron chi connectivity index (χ2n) is 2.60. The van der Waals surface area contributed by atoms with E-state index in [1.165, 1.54) is 6.20 Å². The van der Waals surface area contributed by atoms with Crippen molar-refractivity contribution in [2.75, 3.05) is 6.61 Å². The van der Waals surface area contributed by atoms with E-state index in [0.29, 0.717) is 6.61 Å². The first-order valence-electron chi connectivity index (χ1n) is 3.61. The fourth-order valence-corrected chi connectivity index (χ4v) is 1.22. The van der Waals surface area contributed by atoms with E-state index in [0.717, 1.165) is 24.3 Å². The van der Waals surface area contributed by atoms with Crippen molar-refractivity contribution in [2.45, 2.75) is 13.0 Å². The topological polar surface area (TPSA) is 42.4 Å². The quantitative estimate of drug-likeness (QED) is 0.598. The molecule has 1 aliphatic heterocycles. The van der Waals surface area contributed by atoms with Gasteiger partial charge in [0.2, 0.25) is 0 Å². The van der Waals surface area contributed by atoms with Gasteiger partial charge in [0.15, 0.2) is 0 Å². The molecule has 58 valence electrons. The first-order valence-corrected chi connectivity index (χ1v) is 3.61. The molecule has 0 saturated heterocycles. The summed E-state index contributed by atoms with van der Waals surface area (Å²) in [7, 11) is 0. The second kappa shape index (κ2) is 2.51. The van der Waals surface area contributed by atoms with Crippen molar-refractivity contribution in [3.63, 3.8) is 0 Å². The molecule has 0 bridgehead atoms. The van der Waals surface area contributed by atoms with Crippen molar-refractivity contribution in [2.24, 2.45) is 0 Å². The number of rotatable bonds is 0. The molecule has 2 rings (SSSR count). The van der Waals surface area contributed by atoms with Crippen molar-refractivity contribution in [1.29, 1.82) is 0 Å². The molecule has 0 amide bonds. The number of aromatic nitrogens is 1. The number of fused-ring (bicyclic) bond motifs is 1. The van der Waals surface area contributed by atoms with Crippen molar-refractivity contribution in [1.82, 2.24) is 4.98 Å². The normalized spacial score (nSPS) is 16.0. The van der Waals surface area contributed by atoms with E-state index in [1.54, 1.807) is 6.07 Å². The second-order valence-corrected chi connectivity index (χ2v) is 2.60. The summed E-state index contributed by atoms with van der Waals surface area (Å²) < 4.78 is 5.19. The zero-order valence-electron chi connectivity index (χ0n) is 6.08. The predicted octanol–water partition coefficient (Wildman–Crippen LogP) is 0.860. The van der Waals surface area contributed by atoms with Gasteiger partial charge < -0.3 is 9.84 Å². The van der Waals surface area contributed by atoms with Gasteiger partial charge in [-0.1, -0.05) is 0 Å². The Bertz CT molecular complexity index is 273. The molecule has 1 aromatic rings. The average molecular weight is 151 g/mol. The lowest BCUT2D eigenvalue weighted by atomic mass is 10.1. The Kier molecular flexibility index (Phi) is 1.51. The van der Waals surface area contributed by atoms with Gasteiger partial charge in [0.05, 0.1) is 25.1 Å². The van der Waals surface area contributed by atoms with E-state index in [2.05, 4.69) is 4.98 Å². The maximum Gasteiger partial charge on any atom is 0.134 e. The molecule has 1 aliphatic rings. The van der Waals surface area contributed by atoms with E-state index in [-0.39, 0.29) is 5.75 Å². The number of ether oxygens (including phenoxy) is 1. The minimum Gasteiger partial charge on any atom is -0.506 e. The van der Waals surface area contributed by atoms with Gasteiger partial charge in [-0.2, -0.15) is 0 Å². The number of nitrogens with zero attached hydrogens (tertiary/aromatic N) is 1. The first kappa shape index (κ1) is 6.61. The van der Waals surface area contributed by atoms with E-state index < -0.39 is 0 Å². The lowest BCUT2D eigenvalue weighted by molar-refractivity contribution is 0.107. The third kappa shape index (κ3) is 1.19. The largest absolute Gasteiger partial charge is 0.506 e. The highest BCUT2D eigenvalue weighted by Gasteiger charge is 2.10. The standard InChI is InChI=1S/C8H9NO2/c10-7-3-6-1-2-11-5-8(6)9-4-7/h3-4,10H,1-2,5H2. The number of pyridine rings is 1. The molecule has 3 heteroatoms. The Balaban J connectivity index is 2.43. The molecular formula is C8H9NO2. The van der Waals surface area contributed by atoms with Crippen molar-refractivity contribution in [3.05, 3.63) is 23.5 Å². The molecule has 0 aromatic carbocycles. The Hall–Kier alpha value is -1.09. The highest BCUT2D eigenvalue weighted by Crippen LogP contribution is 2.18. The van der Waals surface area contributed by atoms with Gasteiger partial charge in [0, 0.05) is 0 Å². The van der Waals surface area contributed by atoms with Crippen LogP contribution in [0.2, 0.25) is 0 Å². The van der Waals surface area contributed by atoms with Gasteiger partial charge in [-0.15, -0.1) is 0 Å². The lowest BCUT2D eigenvalue weighted by Crippen LogP contribution is -2.10. The van der Waals surface area contributed by atoms with Crippen LogP contribution in [0, 0.1) is 0 Å². The van der Waals surface area contributed by atoms with Gasteiger partial charge in [0.1, 0.15) is 5.75 Å². The molecule has 1 aromatic heterocycles. The Labute approximate surface area is 64.6 Å². The van der Waals surface area contributed by atoms with E-state index in [1.807, 2.05) is 0 Å². The minimum atomic E-state index is 0.241. The predicted molar refractivity (Wildman–Crippen MR) is 39.3 cm³/mol. The summed E-state index contributed by atoms with van der Waals surface area (Å²) in [4.78, 5) is 4.04. The Morgan fingerprint density at radius 3 is 3.36 bits per heavy atom. The molecule has 0 spiro atoms. The highest BCUT2D eigenvalue weighted by atomic mass is 16.5. The summed E-state index contributed by atoms with van der Waals surface area (Å²) in [5.74, 6) is 0.241. The first-order chi connectivity index (χ1) is 5.36. The molecule has 0 fully saturated rings. The fourth-order valence-electron chi connectivity index (χ4n) is 1.22. The summed E-state index contributed by atoms with van der Waals surface area (Å²) >= 11 is 0. The van der Waals surface area contributed by atoms with Crippen LogP contribution in [0.15, 0.2) is 12.3 Å². The fraction of sp³-hybridized carbons (Fsp3) is 0.375. The summed E-state index contributed by atoms with van der Waals surface area (Å²) in [5.41, 5.74) is 2.06. The van der Waals surface area contributed by atoms with Crippen LogP contribution in [-0.4, -0.2) is 16.7 Å². The zero-order valence-corrected chi connectivity index (χ0v) is 6.08. The van der Waals surface area contributed by atoms with Crippen LogP contribution in [0.4, 0.5) is 0 Å². The van der Waals surface area contributed by atoms with Crippen molar-refractivity contribution >= 4 is 0 Å². The Morgan fingerprint density at radius 2 is 2.45 bits per heavy atom. The Morgan fingerprint density at radius 1 is 1.55 bits per heavy atom. The minimum absolute atomic E-state index is 0.241. The summed E-state index contributed by atoms with van der Waals surface area (Å²) in [6.07, 6.45) is 2.31. The SMILES string of the molecule is Oc1cnc2c(c1)CCOC2. The van der Waals surface area contributed by atoms with Crippen molar-refractivity contribution in [3.8, 4) is 5.75 Å². The molecular weight excluding hydrogens is 142 g/mol. The number of aromatic hydroxyl groups is 1. The lowest BCUT2D eigenvalue weighted by Gasteiger charge is -2.14. The molecule has 0 unspecified atom stereocenters. The molecule has 0 radical (unpaired) electrons. The molecule has 0 atom stereocenters. The van der Waals surface area contributed by atoms with Crippen LogP contribution in [-0.2, 0) is 17.8 Å². The van der Waals surface area contributed by atoms with Crippen LogP contribution < -0.4 is 0 Å². The van der Waals surface area contributed by atoms with Gasteiger partial charge in [-0.25, -0.2) is 0 Å². The van der Waals surface area contributed by atoms with Crippen LogP contribution in [0.1, 0.15) is 11.3 Å². The summed E-state index contributed by atoms with van der Waals surface area (Å²) in [6, 6.07) is 1.75. The monoisotopic (exact) mass is 151 g/mol. The maximum atomic E-state index is 9.08. The molecule has 3 nitrogen and oxygen atoms in total. The molecule has 2 heterocycles. The van der Waals surface area contributed by atoms with E-state index in [9.17, 15) is 0 Å². The molecule has 0 saturated carbocycles. The zero-order chi connectivity index (χ0) is 7.68. The van der Waals surface area contributed by atoms with Crippen LogP contribution >= 0.6 is 0 Å².